The Morgan fingerprint density at radius 2 is 1.46 bits per heavy atom. The van der Waals surface area contributed by atoms with Gasteiger partial charge in [-0.2, -0.15) is 4.57 Å². The Bertz CT molecular complexity index is 1530. The Labute approximate surface area is 202 Å². The number of hydrogen-bond donors (Lipinski definition) is 1. The number of imide groups is 1. The van der Waals surface area contributed by atoms with Crippen LogP contribution >= 0.6 is 0 Å². The molecule has 7 nitrogen and oxygen atoms in total. The molecule has 2 aromatic heterocycles. The summed E-state index contributed by atoms with van der Waals surface area (Å²) in [5, 5.41) is 3.19. The third-order valence-corrected chi connectivity index (χ3v) is 6.05. The summed E-state index contributed by atoms with van der Waals surface area (Å²) in [6.07, 6.45) is 3.41. The summed E-state index contributed by atoms with van der Waals surface area (Å²) >= 11 is 0. The fourth-order valence-corrected chi connectivity index (χ4v) is 4.40. The van der Waals surface area contributed by atoms with Crippen LogP contribution in [0.2, 0.25) is 0 Å². The normalized spacial score (nSPS) is 13.9. The Morgan fingerprint density at radius 1 is 0.800 bits per heavy atom. The lowest BCUT2D eigenvalue weighted by Gasteiger charge is -2.14. The second kappa shape index (κ2) is 8.68. The summed E-state index contributed by atoms with van der Waals surface area (Å²) in [5.41, 5.74) is 2.70. The van der Waals surface area contributed by atoms with Gasteiger partial charge in [-0.3, -0.25) is 19.5 Å². The molecule has 5 rings (SSSR count). The highest BCUT2D eigenvalue weighted by atomic mass is 16.2. The maximum Gasteiger partial charge on any atom is 0.331 e. The molecule has 3 heterocycles. The van der Waals surface area contributed by atoms with Crippen LogP contribution in [0.5, 0.6) is 0 Å². The predicted molar refractivity (Wildman–Crippen MR) is 134 cm³/mol. The maximum absolute atomic E-state index is 14.0. The van der Waals surface area contributed by atoms with Crippen molar-refractivity contribution in [2.24, 2.45) is 0 Å². The number of para-hydroxylation sites is 1. The molecule has 174 valence electrons. The van der Waals surface area contributed by atoms with E-state index in [1.165, 1.54) is 4.68 Å². The van der Waals surface area contributed by atoms with E-state index < -0.39 is 11.8 Å². The standard InChI is InChI=1S/C28H24N4O3/c1-18(2)24-22(27(34)32(29-24)20-12-6-4-7-13-20)23-25(30-15-8-5-9-16-30)28(35)31(26(23)33)21-14-10-11-19(3)17-21/h4-18H,1-3H3/p+1. The predicted octanol–water partition coefficient (Wildman–Crippen LogP) is 3.83. The molecule has 0 radical (unpaired) electrons. The average molecular weight is 466 g/mol. The highest BCUT2D eigenvalue weighted by molar-refractivity contribution is 6.53. The van der Waals surface area contributed by atoms with E-state index in [1.54, 1.807) is 47.3 Å². The van der Waals surface area contributed by atoms with Crippen LogP contribution in [0.1, 0.15) is 36.6 Å². The summed E-state index contributed by atoms with van der Waals surface area (Å²) in [6.45, 7) is 5.79. The zero-order valence-electron chi connectivity index (χ0n) is 19.7. The molecule has 1 aliphatic heterocycles. The lowest BCUT2D eigenvalue weighted by molar-refractivity contribution is -0.576. The molecule has 2 amide bonds. The number of nitrogens with zero attached hydrogens (tertiary/aromatic N) is 3. The summed E-state index contributed by atoms with van der Waals surface area (Å²) in [6, 6.07) is 21.8. The van der Waals surface area contributed by atoms with Gasteiger partial charge in [-0.1, -0.05) is 50.2 Å². The molecule has 4 aromatic rings. The molecule has 35 heavy (non-hydrogen) atoms. The zero-order valence-corrected chi connectivity index (χ0v) is 19.7. The van der Waals surface area contributed by atoms with E-state index in [1.807, 2.05) is 63.2 Å². The van der Waals surface area contributed by atoms with Crippen LogP contribution in [0.3, 0.4) is 0 Å². The fraction of sp³-hybridized carbons (Fsp3) is 0.143. The van der Waals surface area contributed by atoms with Crippen LogP contribution < -0.4 is 15.0 Å². The molecule has 0 aliphatic carbocycles. The van der Waals surface area contributed by atoms with E-state index in [0.29, 0.717) is 17.1 Å². The second-order valence-electron chi connectivity index (χ2n) is 8.82. The van der Waals surface area contributed by atoms with Crippen LogP contribution in [0.25, 0.3) is 17.0 Å². The van der Waals surface area contributed by atoms with E-state index in [9.17, 15) is 14.4 Å². The fourth-order valence-electron chi connectivity index (χ4n) is 4.40. The van der Waals surface area contributed by atoms with Gasteiger partial charge in [-0.05, 0) is 42.7 Å². The minimum Gasteiger partial charge on any atom is -0.294 e. The summed E-state index contributed by atoms with van der Waals surface area (Å²) in [5.74, 6) is -1.10. The number of amides is 2. The highest BCUT2D eigenvalue weighted by Gasteiger charge is 2.48. The SMILES string of the molecule is Cc1cccc(N2C(=O)C(c3c(C(C)C)[nH]n(-c4ccccc4)c3=O)=C([n+]3ccccc3)C2=O)c1. The maximum atomic E-state index is 14.0. The van der Waals surface area contributed by atoms with Crippen LogP contribution in [-0.4, -0.2) is 21.6 Å². The summed E-state index contributed by atoms with van der Waals surface area (Å²) in [4.78, 5) is 42.7. The Balaban J connectivity index is 1.80. The van der Waals surface area contributed by atoms with Crippen molar-refractivity contribution in [1.29, 1.82) is 0 Å². The van der Waals surface area contributed by atoms with Gasteiger partial charge in [0.05, 0.1) is 16.9 Å². The first-order valence-corrected chi connectivity index (χ1v) is 11.5. The van der Waals surface area contributed by atoms with Gasteiger partial charge in [0.1, 0.15) is 5.57 Å². The van der Waals surface area contributed by atoms with Crippen LogP contribution in [0, 0.1) is 6.92 Å². The van der Waals surface area contributed by atoms with Crippen molar-refractivity contribution in [3.05, 3.63) is 112 Å². The number of aromatic amines is 1. The van der Waals surface area contributed by atoms with Gasteiger partial charge < -0.3 is 0 Å². The van der Waals surface area contributed by atoms with Crippen molar-refractivity contribution < 1.29 is 14.2 Å². The van der Waals surface area contributed by atoms with E-state index in [2.05, 4.69) is 5.10 Å². The van der Waals surface area contributed by atoms with Gasteiger partial charge >= 0.3 is 5.91 Å². The van der Waals surface area contributed by atoms with Crippen LogP contribution in [0.4, 0.5) is 5.69 Å². The van der Waals surface area contributed by atoms with Gasteiger partial charge in [0.25, 0.3) is 17.2 Å². The first-order valence-electron chi connectivity index (χ1n) is 11.5. The quantitative estimate of drug-likeness (QED) is 0.359. The largest absolute Gasteiger partial charge is 0.331 e. The van der Waals surface area contributed by atoms with Crippen molar-refractivity contribution >= 4 is 28.8 Å². The third kappa shape index (κ3) is 3.71. The number of benzene rings is 2. The molecular weight excluding hydrogens is 440 g/mol. The molecule has 0 atom stereocenters. The number of aryl methyl sites for hydroxylation is 1. The minimum absolute atomic E-state index is 0.0901. The van der Waals surface area contributed by atoms with Crippen LogP contribution in [0.15, 0.2) is 90.0 Å². The smallest absolute Gasteiger partial charge is 0.294 e. The van der Waals surface area contributed by atoms with E-state index in [0.717, 1.165) is 10.5 Å². The number of H-pyrrole nitrogens is 1. The average Bonchev–Trinajstić information content (AvgIpc) is 3.33. The van der Waals surface area contributed by atoms with Gasteiger partial charge in [0, 0.05) is 17.8 Å². The molecule has 0 saturated carbocycles. The molecule has 1 N–H and O–H groups in total. The summed E-state index contributed by atoms with van der Waals surface area (Å²) < 4.78 is 3.03. The number of pyridine rings is 1. The number of aromatic nitrogens is 3. The van der Waals surface area contributed by atoms with Crippen LogP contribution in [-0.2, 0) is 9.59 Å². The summed E-state index contributed by atoms with van der Waals surface area (Å²) in [7, 11) is 0. The molecule has 0 spiro atoms. The Kier molecular flexibility index (Phi) is 5.53. The Morgan fingerprint density at radius 3 is 2.11 bits per heavy atom. The number of hydrogen-bond acceptors (Lipinski definition) is 3. The third-order valence-electron chi connectivity index (χ3n) is 6.05. The minimum atomic E-state index is -0.523. The van der Waals surface area contributed by atoms with Gasteiger partial charge in [0.2, 0.25) is 0 Å². The molecule has 2 aromatic carbocycles. The van der Waals surface area contributed by atoms with Crippen molar-refractivity contribution in [2.45, 2.75) is 26.7 Å². The molecular formula is C28H25N4O3+. The van der Waals surface area contributed by atoms with Gasteiger partial charge in [0.15, 0.2) is 12.4 Å². The van der Waals surface area contributed by atoms with Crippen molar-refractivity contribution in [2.75, 3.05) is 4.90 Å². The van der Waals surface area contributed by atoms with E-state index >= 15 is 0 Å². The van der Waals surface area contributed by atoms with Gasteiger partial charge in [-0.25, -0.2) is 9.58 Å². The van der Waals surface area contributed by atoms with Crippen molar-refractivity contribution in [1.82, 2.24) is 9.78 Å². The van der Waals surface area contributed by atoms with Crippen molar-refractivity contribution in [3.8, 4) is 5.69 Å². The van der Waals surface area contributed by atoms with Crippen molar-refractivity contribution in [3.63, 3.8) is 0 Å². The molecule has 7 heteroatoms. The Hall–Kier alpha value is -4.52. The molecule has 0 saturated heterocycles. The first-order chi connectivity index (χ1) is 16.9. The molecule has 0 fully saturated rings. The van der Waals surface area contributed by atoms with E-state index in [-0.39, 0.29) is 28.3 Å². The lowest BCUT2D eigenvalue weighted by atomic mass is 9.98. The lowest BCUT2D eigenvalue weighted by Crippen LogP contribution is -2.39. The number of anilines is 1. The second-order valence-corrected chi connectivity index (χ2v) is 8.82. The molecule has 1 aliphatic rings. The monoisotopic (exact) mass is 465 g/mol. The molecule has 0 unspecified atom stereocenters. The molecule has 0 bridgehead atoms. The van der Waals surface area contributed by atoms with Gasteiger partial charge in [-0.15, -0.1) is 0 Å². The number of carbonyl (C=O) groups excluding carboxylic acids is 2. The number of rotatable bonds is 5. The van der Waals surface area contributed by atoms with E-state index in [4.69, 9.17) is 0 Å². The number of nitrogens with one attached hydrogen (secondary N) is 1. The zero-order chi connectivity index (χ0) is 24.7. The number of carbonyl (C=O) groups is 2. The topological polar surface area (TPSA) is 79.1 Å². The highest BCUT2D eigenvalue weighted by Crippen LogP contribution is 2.35. The first kappa shape index (κ1) is 22.3.